The number of carbonyl (C=O) groups excluding carboxylic acids is 2. The normalized spacial score (nSPS) is 18.3. The van der Waals surface area contributed by atoms with Crippen molar-refractivity contribution in [1.29, 1.82) is 0 Å². The largest absolute Gasteiger partial charge is 0.489 e. The Hall–Kier alpha value is -3.46. The van der Waals surface area contributed by atoms with Crippen LogP contribution in [0.3, 0.4) is 0 Å². The van der Waals surface area contributed by atoms with Crippen molar-refractivity contribution >= 4 is 34.5 Å². The van der Waals surface area contributed by atoms with Crippen LogP contribution in [0.25, 0.3) is 0 Å². The summed E-state index contributed by atoms with van der Waals surface area (Å²) in [7, 11) is 0. The first-order valence-corrected chi connectivity index (χ1v) is 11.5. The number of amides is 2. The summed E-state index contributed by atoms with van der Waals surface area (Å²) in [4.78, 5) is 29.7. The van der Waals surface area contributed by atoms with E-state index in [1.54, 1.807) is 12.4 Å². The third-order valence-electron chi connectivity index (χ3n) is 5.77. The monoisotopic (exact) mass is 449 g/mol. The van der Waals surface area contributed by atoms with Gasteiger partial charge in [0.1, 0.15) is 11.9 Å². The van der Waals surface area contributed by atoms with E-state index in [1.165, 1.54) is 11.3 Å². The molecule has 0 bridgehead atoms. The number of thiophene rings is 1. The van der Waals surface area contributed by atoms with Crippen LogP contribution < -0.4 is 15.0 Å². The minimum absolute atomic E-state index is 0.00968. The van der Waals surface area contributed by atoms with Crippen LogP contribution in [0, 0.1) is 5.92 Å². The van der Waals surface area contributed by atoms with E-state index in [2.05, 4.69) is 20.4 Å². The predicted molar refractivity (Wildman–Crippen MR) is 122 cm³/mol. The van der Waals surface area contributed by atoms with E-state index in [0.717, 1.165) is 28.4 Å². The molecule has 0 aliphatic carbocycles. The molecule has 3 aromatic rings. The molecule has 4 heterocycles. The lowest BCUT2D eigenvalue weighted by molar-refractivity contribution is -0.120. The Morgan fingerprint density at radius 3 is 2.62 bits per heavy atom. The molecule has 2 aromatic heterocycles. The van der Waals surface area contributed by atoms with Crippen LogP contribution >= 0.6 is 11.3 Å². The zero-order valence-electron chi connectivity index (χ0n) is 17.4. The van der Waals surface area contributed by atoms with Gasteiger partial charge < -0.3 is 19.9 Å². The predicted octanol–water partition coefficient (Wildman–Crippen LogP) is 2.91. The average molecular weight is 450 g/mol. The fraction of sp³-hybridized carbons (Fsp3) is 0.304. The van der Waals surface area contributed by atoms with Crippen molar-refractivity contribution in [3.8, 4) is 5.75 Å². The highest BCUT2D eigenvalue weighted by molar-refractivity contribution is 7.12. The molecule has 8 nitrogen and oxygen atoms in total. The molecule has 0 radical (unpaired) electrons. The first-order chi connectivity index (χ1) is 15.7. The molecule has 2 saturated heterocycles. The van der Waals surface area contributed by atoms with Gasteiger partial charge in [-0.25, -0.2) is 0 Å². The molecule has 1 atom stereocenters. The van der Waals surface area contributed by atoms with Gasteiger partial charge in [0.25, 0.3) is 5.91 Å². The third kappa shape index (κ3) is 4.43. The van der Waals surface area contributed by atoms with E-state index in [9.17, 15) is 9.59 Å². The molecule has 164 valence electrons. The molecule has 2 aliphatic heterocycles. The number of hydrogen-bond acceptors (Lipinski definition) is 7. The summed E-state index contributed by atoms with van der Waals surface area (Å²) in [5, 5.41) is 12.5. The maximum absolute atomic E-state index is 12.5. The van der Waals surface area contributed by atoms with Gasteiger partial charge in [0.15, 0.2) is 0 Å². The maximum atomic E-state index is 12.5. The number of anilines is 2. The second-order valence-corrected chi connectivity index (χ2v) is 8.92. The minimum atomic E-state index is -0.0514. The van der Waals surface area contributed by atoms with Gasteiger partial charge in [-0.15, -0.1) is 11.3 Å². The topological polar surface area (TPSA) is 87.7 Å². The molecular formula is C23H23N5O3S. The first kappa shape index (κ1) is 20.4. The van der Waals surface area contributed by atoms with E-state index >= 15 is 0 Å². The first-order valence-electron chi connectivity index (χ1n) is 10.6. The SMILES string of the molecule is O=C(Nc1ccc(O[C@@H]2CCN(C(=O)c3cccs3)C2)cc1)C1CN(c2ccnnc2)C1. The Morgan fingerprint density at radius 1 is 1.06 bits per heavy atom. The van der Waals surface area contributed by atoms with E-state index in [-0.39, 0.29) is 23.8 Å². The van der Waals surface area contributed by atoms with Crippen molar-refractivity contribution in [2.24, 2.45) is 5.92 Å². The molecule has 2 aliphatic rings. The Morgan fingerprint density at radius 2 is 1.91 bits per heavy atom. The van der Waals surface area contributed by atoms with Gasteiger partial charge >= 0.3 is 0 Å². The number of ether oxygens (including phenoxy) is 1. The Labute approximate surface area is 189 Å². The number of rotatable bonds is 6. The lowest BCUT2D eigenvalue weighted by Gasteiger charge is -2.39. The van der Waals surface area contributed by atoms with Gasteiger partial charge in [-0.3, -0.25) is 9.59 Å². The summed E-state index contributed by atoms with van der Waals surface area (Å²) in [5.74, 6) is 0.761. The highest BCUT2D eigenvalue weighted by Gasteiger charge is 2.33. The molecule has 2 amide bonds. The number of nitrogens with zero attached hydrogens (tertiary/aromatic N) is 4. The quantitative estimate of drug-likeness (QED) is 0.623. The summed E-state index contributed by atoms with van der Waals surface area (Å²) in [6.45, 7) is 2.62. The Balaban J connectivity index is 1.09. The number of nitrogens with one attached hydrogen (secondary N) is 1. The summed E-state index contributed by atoms with van der Waals surface area (Å²) >= 11 is 1.46. The van der Waals surface area contributed by atoms with Gasteiger partial charge in [-0.1, -0.05) is 6.07 Å². The van der Waals surface area contributed by atoms with Gasteiger partial charge in [0.2, 0.25) is 5.91 Å². The van der Waals surface area contributed by atoms with Crippen LogP contribution in [0.2, 0.25) is 0 Å². The van der Waals surface area contributed by atoms with Crippen LogP contribution in [-0.2, 0) is 4.79 Å². The number of carbonyl (C=O) groups is 2. The molecule has 1 aromatic carbocycles. The number of aromatic nitrogens is 2. The Bertz CT molecular complexity index is 1070. The van der Waals surface area contributed by atoms with Gasteiger partial charge in [0.05, 0.1) is 35.4 Å². The van der Waals surface area contributed by atoms with Gasteiger partial charge in [-0.05, 0) is 41.8 Å². The van der Waals surface area contributed by atoms with Crippen LogP contribution in [-0.4, -0.2) is 59.2 Å². The summed E-state index contributed by atoms with van der Waals surface area (Å²) < 4.78 is 6.06. The number of hydrogen-bond donors (Lipinski definition) is 1. The van der Waals surface area contributed by atoms with Crippen molar-refractivity contribution in [3.63, 3.8) is 0 Å². The number of likely N-dealkylation sites (tertiary alicyclic amines) is 1. The van der Waals surface area contributed by atoms with Gasteiger partial charge in [-0.2, -0.15) is 10.2 Å². The smallest absolute Gasteiger partial charge is 0.264 e. The van der Waals surface area contributed by atoms with Gasteiger partial charge in [0, 0.05) is 31.7 Å². The van der Waals surface area contributed by atoms with Crippen molar-refractivity contribution in [3.05, 3.63) is 65.1 Å². The lowest BCUT2D eigenvalue weighted by Crippen LogP contribution is -2.52. The fourth-order valence-corrected chi connectivity index (χ4v) is 4.64. The van der Waals surface area contributed by atoms with Crippen LogP contribution in [0.1, 0.15) is 16.1 Å². The zero-order valence-corrected chi connectivity index (χ0v) is 18.2. The number of benzene rings is 1. The molecule has 32 heavy (non-hydrogen) atoms. The van der Waals surface area contributed by atoms with E-state index < -0.39 is 0 Å². The zero-order chi connectivity index (χ0) is 21.9. The summed E-state index contributed by atoms with van der Waals surface area (Å²) in [6, 6.07) is 13.0. The fourth-order valence-electron chi connectivity index (χ4n) is 3.94. The molecule has 0 unspecified atom stereocenters. The average Bonchev–Trinajstić information content (AvgIpc) is 3.47. The van der Waals surface area contributed by atoms with E-state index in [0.29, 0.717) is 26.2 Å². The van der Waals surface area contributed by atoms with E-state index in [1.807, 2.05) is 52.7 Å². The van der Waals surface area contributed by atoms with Crippen molar-refractivity contribution in [2.45, 2.75) is 12.5 Å². The molecule has 5 rings (SSSR count). The molecule has 0 spiro atoms. The Kier molecular flexibility index (Phi) is 5.72. The molecule has 9 heteroatoms. The highest BCUT2D eigenvalue weighted by atomic mass is 32.1. The maximum Gasteiger partial charge on any atom is 0.264 e. The van der Waals surface area contributed by atoms with Crippen LogP contribution in [0.5, 0.6) is 5.75 Å². The van der Waals surface area contributed by atoms with Crippen molar-refractivity contribution < 1.29 is 14.3 Å². The van der Waals surface area contributed by atoms with Crippen LogP contribution in [0.4, 0.5) is 11.4 Å². The molecule has 1 N–H and O–H groups in total. The third-order valence-corrected chi connectivity index (χ3v) is 6.63. The minimum Gasteiger partial charge on any atom is -0.489 e. The highest BCUT2D eigenvalue weighted by Crippen LogP contribution is 2.26. The second kappa shape index (κ2) is 8.96. The van der Waals surface area contributed by atoms with E-state index in [4.69, 9.17) is 4.74 Å². The molecular weight excluding hydrogens is 426 g/mol. The van der Waals surface area contributed by atoms with Crippen molar-refractivity contribution in [2.75, 3.05) is 36.4 Å². The summed E-state index contributed by atoms with van der Waals surface area (Å²) in [5.41, 5.74) is 1.72. The molecule has 0 saturated carbocycles. The lowest BCUT2D eigenvalue weighted by atomic mass is 9.98. The molecule has 2 fully saturated rings. The standard InChI is InChI=1S/C23H23N5O3S/c29-22(16-13-28(14-16)18-7-9-24-25-12-18)26-17-3-5-19(6-4-17)31-20-8-10-27(15-20)23(30)21-2-1-11-32-21/h1-7,9,11-12,16,20H,8,10,13-15H2,(H,26,29)/t20-/m1/s1. The second-order valence-electron chi connectivity index (χ2n) is 7.97. The van der Waals surface area contributed by atoms with Crippen molar-refractivity contribution in [1.82, 2.24) is 15.1 Å². The van der Waals surface area contributed by atoms with Crippen LogP contribution in [0.15, 0.2) is 60.2 Å². The summed E-state index contributed by atoms with van der Waals surface area (Å²) in [6.07, 6.45) is 4.13.